The van der Waals surface area contributed by atoms with Crippen LogP contribution in [0.4, 0.5) is 0 Å². The summed E-state index contributed by atoms with van der Waals surface area (Å²) in [5.74, 6) is -6.83. The first-order valence-corrected chi connectivity index (χ1v) is 41.5. The number of hydrogen-bond acceptors (Lipinski definition) is 18. The quantitative estimate of drug-likeness (QED) is 0.0327. The van der Waals surface area contributed by atoms with Crippen LogP contribution in [-0.2, 0) is 48.0 Å². The van der Waals surface area contributed by atoms with E-state index in [1.807, 2.05) is 174 Å². The van der Waals surface area contributed by atoms with Crippen molar-refractivity contribution in [3.63, 3.8) is 0 Å². The van der Waals surface area contributed by atoms with Gasteiger partial charge in [-0.1, -0.05) is 75.9 Å². The minimum atomic E-state index is -1.14. The van der Waals surface area contributed by atoms with Gasteiger partial charge in [0, 0.05) is 135 Å². The summed E-state index contributed by atoms with van der Waals surface area (Å²) in [5.41, 5.74) is 39.8. The van der Waals surface area contributed by atoms with E-state index >= 15 is 0 Å². The van der Waals surface area contributed by atoms with Crippen molar-refractivity contribution in [2.24, 2.45) is 0 Å². The first-order chi connectivity index (χ1) is 60.0. The van der Waals surface area contributed by atoms with Gasteiger partial charge in [-0.25, -0.2) is 29.9 Å². The molecule has 6 aliphatic heterocycles. The molecule has 15 heterocycles. The normalized spacial score (nSPS) is 12.8. The van der Waals surface area contributed by atoms with Crippen molar-refractivity contribution in [2.75, 3.05) is 0 Å². The summed E-state index contributed by atoms with van der Waals surface area (Å²) >= 11 is 0. The summed E-state index contributed by atoms with van der Waals surface area (Å²) < 4.78 is 0. The van der Waals surface area contributed by atoms with Crippen LogP contribution in [0, 0.1) is 41.5 Å². The van der Waals surface area contributed by atoms with Crippen LogP contribution in [-0.4, -0.2) is 147 Å². The van der Waals surface area contributed by atoms with Gasteiger partial charge in [-0.15, -0.1) is 0 Å². The van der Waals surface area contributed by atoms with Crippen molar-refractivity contribution in [3.05, 3.63) is 266 Å². The Hall–Kier alpha value is -13.2. The Morgan fingerprint density at radius 3 is 0.641 bits per heavy atom. The largest absolute Gasteiger partial charge is 3.00 e. The molecule has 0 saturated carbocycles. The number of aliphatic carboxylic acids is 6. The molecule has 6 aliphatic rings. The van der Waals surface area contributed by atoms with Crippen LogP contribution in [0.15, 0.2) is 130 Å². The number of H-pyrrole nitrogens is 6. The topological polar surface area (TPSA) is 413 Å². The van der Waals surface area contributed by atoms with Gasteiger partial charge >= 0.3 is 51.7 Å². The Morgan fingerprint density at radius 2 is 0.422 bits per heavy atom. The van der Waals surface area contributed by atoms with E-state index in [1.54, 1.807) is 18.2 Å². The molecular formula is C102H96In2N12O12. The fraction of sp³-hybridized carbons (Fsp3) is 0.235. The van der Waals surface area contributed by atoms with E-state index < -0.39 is 35.8 Å². The molecule has 24 nitrogen and oxygen atoms in total. The second-order valence-electron chi connectivity index (χ2n) is 32.1. The number of nitrogens with one attached hydrogen (secondary N) is 6. The molecule has 0 aliphatic carbocycles. The van der Waals surface area contributed by atoms with Crippen LogP contribution < -0.4 is 30.6 Å². The molecule has 9 aromatic heterocycles. The van der Waals surface area contributed by atoms with Crippen molar-refractivity contribution in [1.82, 2.24) is 59.8 Å². The van der Waals surface area contributed by atoms with Crippen molar-refractivity contribution >= 4 is 239 Å². The van der Waals surface area contributed by atoms with Crippen molar-refractivity contribution in [2.45, 2.75) is 160 Å². The Labute approximate surface area is 777 Å². The van der Waals surface area contributed by atoms with Gasteiger partial charge in [0.15, 0.2) is 0 Å². The third kappa shape index (κ3) is 19.5. The smallest absolute Gasteiger partial charge is 0.550 e. The number of aromatic amines is 6. The van der Waals surface area contributed by atoms with Crippen molar-refractivity contribution < 1.29 is 59.4 Å². The molecule has 0 fully saturated rings. The van der Waals surface area contributed by atoms with Gasteiger partial charge in [0.2, 0.25) is 0 Å². The average molecular weight is 1910 g/mol. The molecule has 0 radical (unpaired) electrons. The number of hydrogen-bond donors (Lipinski definition) is 6. The average Bonchev–Trinajstić information content (AvgIpc) is 1.62. The van der Waals surface area contributed by atoms with E-state index in [1.165, 1.54) is 0 Å². The van der Waals surface area contributed by atoms with Crippen molar-refractivity contribution in [1.29, 1.82) is 0 Å². The number of carboxylic acids is 6. The fourth-order valence-electron chi connectivity index (χ4n) is 17.3. The molecule has 0 unspecified atom stereocenters. The van der Waals surface area contributed by atoms with Gasteiger partial charge in [-0.05, 0) is 333 Å². The van der Waals surface area contributed by atoms with Crippen molar-refractivity contribution in [3.8, 4) is 0 Å². The van der Waals surface area contributed by atoms with Crippen LogP contribution >= 0.6 is 0 Å². The molecule has 15 rings (SSSR count). The summed E-state index contributed by atoms with van der Waals surface area (Å²) in [4.78, 5) is 119. The van der Waals surface area contributed by atoms with Gasteiger partial charge in [-0.3, -0.25) is 0 Å². The van der Waals surface area contributed by atoms with E-state index in [0.717, 1.165) is 217 Å². The monoisotopic (exact) mass is 1910 g/mol. The van der Waals surface area contributed by atoms with Gasteiger partial charge < -0.3 is 89.3 Å². The molecule has 26 heteroatoms. The minimum absolute atomic E-state index is 0. The number of aromatic nitrogens is 12. The summed E-state index contributed by atoms with van der Waals surface area (Å²) in [5, 5.41) is 68.4. The number of carbonyl (C=O) groups is 6. The first-order valence-electron chi connectivity index (χ1n) is 41.5. The number of rotatable bonds is 24. The van der Waals surface area contributed by atoms with Crippen LogP contribution in [0.25, 0.3) is 151 Å². The summed E-state index contributed by atoms with van der Waals surface area (Å²) in [6, 6.07) is 23.3. The maximum Gasteiger partial charge on any atom is 3.00 e. The first kappa shape index (κ1) is 95.5. The molecule has 642 valence electrons. The summed E-state index contributed by atoms with van der Waals surface area (Å²) in [6.07, 6.45) is 11.4. The van der Waals surface area contributed by atoms with Crippen LogP contribution in [0.5, 0.6) is 0 Å². The van der Waals surface area contributed by atoms with Gasteiger partial charge in [0.05, 0.1) is 68.3 Å². The zero-order valence-corrected chi connectivity index (χ0v) is 80.4. The predicted octanol–water partition coefficient (Wildman–Crippen LogP) is 13.7. The number of nitrogens with zero attached hydrogens (tertiary/aromatic N) is 6. The molecule has 0 atom stereocenters. The third-order valence-corrected chi connectivity index (χ3v) is 24.6. The van der Waals surface area contributed by atoms with E-state index in [4.69, 9.17) is 29.9 Å². The molecule has 9 aromatic rings. The molecule has 0 aromatic carbocycles. The van der Waals surface area contributed by atoms with Gasteiger partial charge in [-0.2, -0.15) is 0 Å². The molecule has 0 amide bonds. The third-order valence-electron chi connectivity index (χ3n) is 24.6. The standard InChI is InChI=1S/3C34H34N4O4.2In/c3*1-7-21-17(3)25-13-26-19(5)23(9-11-33(39)40)31(37-26)16-32-24(10-12-34(41)42)20(6)28(38-32)15-30-22(8-2)18(4)27(36-30)14-29(21)35-25;;/h3*7-8,13-16,35,38H,1-2,9-12H2,3-6H3,(H,39,40)(H,41,42);;/q;;;2*+3/p-6. The number of allylic oxidation sites excluding steroid dienone is 15. The second kappa shape index (κ2) is 39.8. The van der Waals surface area contributed by atoms with E-state index in [2.05, 4.69) is 69.4 Å². The Kier molecular flexibility index (Phi) is 29.7. The zero-order chi connectivity index (χ0) is 90.9. The maximum absolute atomic E-state index is 11.4. The van der Waals surface area contributed by atoms with E-state index in [-0.39, 0.29) is 129 Å². The van der Waals surface area contributed by atoms with Crippen LogP contribution in [0.2, 0.25) is 0 Å². The van der Waals surface area contributed by atoms with Gasteiger partial charge in [0.25, 0.3) is 0 Å². The molecule has 128 heavy (non-hydrogen) atoms. The molecule has 0 spiro atoms. The second-order valence-corrected chi connectivity index (χ2v) is 32.1. The van der Waals surface area contributed by atoms with E-state index in [9.17, 15) is 59.4 Å². The fourth-order valence-corrected chi connectivity index (χ4v) is 17.3. The number of carbonyl (C=O) groups excluding carboxylic acids is 6. The summed E-state index contributed by atoms with van der Waals surface area (Å²) in [7, 11) is 0. The Morgan fingerprint density at radius 1 is 0.242 bits per heavy atom. The maximum atomic E-state index is 11.4. The molecule has 0 saturated heterocycles. The minimum Gasteiger partial charge on any atom is -0.550 e. The SMILES string of the molecule is C=CC1=C(C)c2cc3[nH]c(cc4nc(cc5[nH]c(cc1n2)c(C)c5CCC(=O)[O-])C(CCC(=O)[O-])=C4C)c(C)c3C=C.C=CC1=C(C)c2cc3[nH]c(cc4nc(cc5[nH]c(cc1n2)c(C)c5CCC(=O)[O-])C(CCC(=O)[O-])=C4C)c(C)c3C=C.C=CC1=C(C)c2cc3[nH]c(cc4nc(cc5[nH]c(cc1n2)c(C)c5CCC(=O)[O-])C(CCC(=O)[O-])=C4C)c(C)c3C=C.[In+3].[In+3]. The molecule has 6 N–H and O–H groups in total. The zero-order valence-electron chi connectivity index (χ0n) is 73.9. The number of fused-ring (bicyclic) bond motifs is 24. The van der Waals surface area contributed by atoms with Crippen LogP contribution in [0.3, 0.4) is 0 Å². The number of carboxylic acid groups (broad SMARTS) is 6. The van der Waals surface area contributed by atoms with Gasteiger partial charge in [0.1, 0.15) is 0 Å². The molecular weight excluding hydrogens is 1810 g/mol. The Bertz CT molecular complexity index is 6430. The summed E-state index contributed by atoms with van der Waals surface area (Å²) in [6.45, 7) is 47.8. The Balaban J connectivity index is 0.000000185. The van der Waals surface area contributed by atoms with Crippen LogP contribution in [0.1, 0.15) is 234 Å². The predicted molar refractivity (Wildman–Crippen MR) is 501 cm³/mol. The number of aryl methyl sites for hydroxylation is 9. The molecule has 24 bridgehead atoms. The van der Waals surface area contributed by atoms with E-state index in [0.29, 0.717) is 50.7 Å².